The number of nitrogens with one attached hydrogen (secondary N) is 1. The standard InChI is InChI=1S/C22H29N3O2/c1-2-8-24(7-1)13-19-10-17(14-26-19)20-11-18-5-9-25(20)15-22(18)12-16-4-3-6-23-21(16)27-22/h3-4,10,14,18,20,23H,1-2,5-9,11-13,15H2/t18?,20?,22-/m0/s1. The Kier molecular flexibility index (Phi) is 3.70. The number of nitrogens with zero attached hydrogens (tertiary/aromatic N) is 2. The van der Waals surface area contributed by atoms with Crippen molar-refractivity contribution in [1.29, 1.82) is 0 Å². The van der Waals surface area contributed by atoms with Gasteiger partial charge in [-0.3, -0.25) is 9.80 Å². The second-order valence-corrected chi connectivity index (χ2v) is 9.02. The molecule has 0 saturated carbocycles. The SMILES string of the molecule is C1=CC2=C(NC1)O[C@@]1(C2)CN2CCC1CC2c1coc(CN2CCCC2)c1. The zero-order valence-electron chi connectivity index (χ0n) is 16.0. The van der Waals surface area contributed by atoms with Gasteiger partial charge in [0.2, 0.25) is 0 Å². The smallest absolute Gasteiger partial charge is 0.190 e. The Balaban J connectivity index is 1.18. The van der Waals surface area contributed by atoms with Gasteiger partial charge in [-0.15, -0.1) is 0 Å². The number of furan rings is 1. The third-order valence-electron chi connectivity index (χ3n) is 7.35. The summed E-state index contributed by atoms with van der Waals surface area (Å²) in [4.78, 5) is 5.15. The molecular formula is C22H29N3O2. The van der Waals surface area contributed by atoms with E-state index in [0.717, 1.165) is 37.7 Å². The molecule has 144 valence electrons. The summed E-state index contributed by atoms with van der Waals surface area (Å²) in [7, 11) is 0. The lowest BCUT2D eigenvalue weighted by Gasteiger charge is -2.54. The maximum Gasteiger partial charge on any atom is 0.190 e. The van der Waals surface area contributed by atoms with Crippen LogP contribution in [0, 0.1) is 5.92 Å². The van der Waals surface area contributed by atoms with E-state index in [1.807, 2.05) is 6.26 Å². The topological polar surface area (TPSA) is 40.9 Å². The van der Waals surface area contributed by atoms with Crippen LogP contribution >= 0.6 is 0 Å². The molecular weight excluding hydrogens is 338 g/mol. The van der Waals surface area contributed by atoms with Gasteiger partial charge in [0.1, 0.15) is 11.4 Å². The van der Waals surface area contributed by atoms with Crippen molar-refractivity contribution in [1.82, 2.24) is 15.1 Å². The van der Waals surface area contributed by atoms with Crippen molar-refractivity contribution >= 4 is 0 Å². The summed E-state index contributed by atoms with van der Waals surface area (Å²) in [5.74, 6) is 2.80. The van der Waals surface area contributed by atoms with E-state index >= 15 is 0 Å². The summed E-state index contributed by atoms with van der Waals surface area (Å²) in [6, 6.07) is 2.81. The number of hydrogen-bond donors (Lipinski definition) is 1. The molecule has 6 aliphatic heterocycles. The van der Waals surface area contributed by atoms with E-state index in [9.17, 15) is 0 Å². The number of ether oxygens (including phenoxy) is 1. The number of allylic oxidation sites excluding steroid dienone is 1. The largest absolute Gasteiger partial charge is 0.470 e. The van der Waals surface area contributed by atoms with Crippen LogP contribution in [0.3, 0.4) is 0 Å². The molecule has 7 heterocycles. The second kappa shape index (κ2) is 6.14. The number of rotatable bonds is 3. The van der Waals surface area contributed by atoms with E-state index in [-0.39, 0.29) is 5.60 Å². The van der Waals surface area contributed by atoms with Crippen molar-refractivity contribution in [2.75, 3.05) is 32.7 Å². The van der Waals surface area contributed by atoms with Crippen molar-refractivity contribution in [3.8, 4) is 0 Å². The normalized spacial score (nSPS) is 37.7. The van der Waals surface area contributed by atoms with Crippen LogP contribution in [0.25, 0.3) is 0 Å². The van der Waals surface area contributed by atoms with Gasteiger partial charge in [-0.25, -0.2) is 0 Å². The number of piperidine rings is 3. The van der Waals surface area contributed by atoms with E-state index in [1.165, 1.54) is 56.5 Å². The first kappa shape index (κ1) is 16.3. The van der Waals surface area contributed by atoms with E-state index in [2.05, 4.69) is 33.3 Å². The van der Waals surface area contributed by atoms with E-state index < -0.39 is 0 Å². The van der Waals surface area contributed by atoms with E-state index in [1.54, 1.807) is 0 Å². The molecule has 1 spiro atoms. The maximum atomic E-state index is 6.55. The molecule has 0 amide bonds. The number of hydrogen-bond acceptors (Lipinski definition) is 5. The minimum absolute atomic E-state index is 0.0107. The van der Waals surface area contributed by atoms with Crippen molar-refractivity contribution in [3.63, 3.8) is 0 Å². The molecule has 5 heteroatoms. The van der Waals surface area contributed by atoms with Gasteiger partial charge in [-0.2, -0.15) is 0 Å². The van der Waals surface area contributed by atoms with Gasteiger partial charge in [-0.1, -0.05) is 12.2 Å². The highest BCUT2D eigenvalue weighted by atomic mass is 16.5. The first-order chi connectivity index (χ1) is 13.3. The Morgan fingerprint density at radius 1 is 1.22 bits per heavy atom. The Morgan fingerprint density at radius 3 is 2.96 bits per heavy atom. The summed E-state index contributed by atoms with van der Waals surface area (Å²) >= 11 is 0. The monoisotopic (exact) mass is 367 g/mol. The number of likely N-dealkylation sites (tertiary alicyclic amines) is 1. The van der Waals surface area contributed by atoms with Gasteiger partial charge >= 0.3 is 0 Å². The first-order valence-electron chi connectivity index (χ1n) is 10.7. The zero-order chi connectivity index (χ0) is 17.8. The molecule has 5 nitrogen and oxygen atoms in total. The van der Waals surface area contributed by atoms with Crippen molar-refractivity contribution in [3.05, 3.63) is 47.3 Å². The zero-order valence-corrected chi connectivity index (χ0v) is 16.0. The van der Waals surface area contributed by atoms with E-state index in [4.69, 9.17) is 9.15 Å². The molecule has 7 rings (SSSR count). The molecule has 1 N–H and O–H groups in total. The van der Waals surface area contributed by atoms with Crippen molar-refractivity contribution in [2.45, 2.75) is 50.3 Å². The minimum atomic E-state index is -0.0107. The van der Waals surface area contributed by atoms with Gasteiger partial charge in [-0.05, 0) is 51.4 Å². The maximum absolute atomic E-state index is 6.55. The second-order valence-electron chi connectivity index (χ2n) is 9.02. The van der Waals surface area contributed by atoms with Gasteiger partial charge in [0, 0.05) is 42.6 Å². The molecule has 0 radical (unpaired) electrons. The van der Waals surface area contributed by atoms with Crippen LogP contribution < -0.4 is 5.32 Å². The fourth-order valence-electron chi connectivity index (χ4n) is 5.98. The third kappa shape index (κ3) is 2.66. The molecule has 3 unspecified atom stereocenters. The van der Waals surface area contributed by atoms with Crippen LogP contribution in [-0.2, 0) is 11.3 Å². The fraction of sp³-hybridized carbons (Fsp3) is 0.636. The Bertz CT molecular complexity index is 791. The minimum Gasteiger partial charge on any atom is -0.470 e. The van der Waals surface area contributed by atoms with Crippen LogP contribution in [0.4, 0.5) is 0 Å². The Hall–Kier alpha value is -1.72. The van der Waals surface area contributed by atoms with Gasteiger partial charge in [0.05, 0.1) is 12.8 Å². The molecule has 0 aromatic carbocycles. The molecule has 4 saturated heterocycles. The molecule has 6 aliphatic rings. The van der Waals surface area contributed by atoms with Crippen LogP contribution in [-0.4, -0.2) is 48.1 Å². The molecule has 4 fully saturated rings. The highest BCUT2D eigenvalue weighted by Crippen LogP contribution is 2.53. The summed E-state index contributed by atoms with van der Waals surface area (Å²) in [6.07, 6.45) is 12.6. The van der Waals surface area contributed by atoms with Gasteiger partial charge in [0.15, 0.2) is 5.88 Å². The number of dihydropyridines is 1. The third-order valence-corrected chi connectivity index (χ3v) is 7.35. The van der Waals surface area contributed by atoms with Crippen LogP contribution in [0.2, 0.25) is 0 Å². The average molecular weight is 367 g/mol. The average Bonchev–Trinajstić information content (AvgIpc) is 3.42. The highest BCUT2D eigenvalue weighted by molar-refractivity contribution is 5.34. The lowest BCUT2D eigenvalue weighted by molar-refractivity contribution is -0.137. The lowest BCUT2D eigenvalue weighted by Crippen LogP contribution is -2.60. The van der Waals surface area contributed by atoms with Gasteiger partial charge in [0.25, 0.3) is 0 Å². The first-order valence-corrected chi connectivity index (χ1v) is 10.7. The molecule has 27 heavy (non-hydrogen) atoms. The van der Waals surface area contributed by atoms with Crippen molar-refractivity contribution < 1.29 is 9.15 Å². The quantitative estimate of drug-likeness (QED) is 0.889. The summed E-state index contributed by atoms with van der Waals surface area (Å²) in [5.41, 5.74) is 2.73. The summed E-state index contributed by atoms with van der Waals surface area (Å²) in [5, 5.41) is 3.43. The predicted molar refractivity (Wildman–Crippen MR) is 103 cm³/mol. The molecule has 0 aliphatic carbocycles. The van der Waals surface area contributed by atoms with Crippen LogP contribution in [0.1, 0.15) is 49.5 Å². The fourth-order valence-corrected chi connectivity index (χ4v) is 5.98. The Morgan fingerprint density at radius 2 is 2.15 bits per heavy atom. The van der Waals surface area contributed by atoms with Crippen LogP contribution in [0.5, 0.6) is 0 Å². The van der Waals surface area contributed by atoms with Gasteiger partial charge < -0.3 is 14.5 Å². The molecule has 1 aromatic heterocycles. The molecule has 2 bridgehead atoms. The Labute approximate surface area is 161 Å². The molecule has 1 aromatic rings. The van der Waals surface area contributed by atoms with E-state index in [0.29, 0.717) is 12.0 Å². The summed E-state index contributed by atoms with van der Waals surface area (Å²) < 4.78 is 12.5. The highest BCUT2D eigenvalue weighted by Gasteiger charge is 2.55. The predicted octanol–water partition coefficient (Wildman–Crippen LogP) is 3.17. The van der Waals surface area contributed by atoms with Crippen LogP contribution in [0.15, 0.2) is 40.4 Å². The molecule has 4 atom stereocenters. The number of fused-ring (bicyclic) bond motifs is 2. The van der Waals surface area contributed by atoms with Crippen molar-refractivity contribution in [2.24, 2.45) is 5.92 Å². The summed E-state index contributed by atoms with van der Waals surface area (Å²) in [6.45, 7) is 6.51. The lowest BCUT2D eigenvalue weighted by atomic mass is 9.69.